The van der Waals surface area contributed by atoms with E-state index in [0.717, 1.165) is 50.5 Å². The molecule has 0 saturated carbocycles. The Balaban J connectivity index is 1.24. The van der Waals surface area contributed by atoms with Gasteiger partial charge < -0.3 is 9.47 Å². The van der Waals surface area contributed by atoms with E-state index in [-0.39, 0.29) is 5.75 Å². The molecular weight excluding hydrogens is 381 g/mol. The van der Waals surface area contributed by atoms with Crippen LogP contribution in [-0.4, -0.2) is 55.2 Å². The monoisotopic (exact) mass is 406 g/mol. The number of halogens is 3. The van der Waals surface area contributed by atoms with Gasteiger partial charge in [-0.05, 0) is 42.3 Å². The highest BCUT2D eigenvalue weighted by Gasteiger charge is 2.42. The van der Waals surface area contributed by atoms with Crippen molar-refractivity contribution in [3.63, 3.8) is 0 Å². The molecule has 2 heterocycles. The Morgan fingerprint density at radius 1 is 0.966 bits per heavy atom. The number of alkyl halides is 3. The van der Waals surface area contributed by atoms with Crippen molar-refractivity contribution >= 4 is 0 Å². The number of likely N-dealkylation sites (tertiary alicyclic amines) is 2. The molecule has 0 aliphatic carbocycles. The number of fused-ring (bicyclic) bond motifs is 2. The lowest BCUT2D eigenvalue weighted by Crippen LogP contribution is -2.47. The zero-order valence-corrected chi connectivity index (χ0v) is 16.4. The second-order valence-electron chi connectivity index (χ2n) is 7.69. The summed E-state index contributed by atoms with van der Waals surface area (Å²) in [7, 11) is 1.67. The Morgan fingerprint density at radius 3 is 2.34 bits per heavy atom. The fourth-order valence-corrected chi connectivity index (χ4v) is 4.31. The maximum Gasteiger partial charge on any atom is 0.416 e. The van der Waals surface area contributed by atoms with E-state index in [1.54, 1.807) is 13.2 Å². The minimum Gasteiger partial charge on any atom is -0.497 e. The maximum absolute atomic E-state index is 12.8. The van der Waals surface area contributed by atoms with Gasteiger partial charge >= 0.3 is 6.18 Å². The molecule has 2 aromatic rings. The summed E-state index contributed by atoms with van der Waals surface area (Å²) in [6.07, 6.45) is -3.21. The van der Waals surface area contributed by atoms with Crippen molar-refractivity contribution in [3.05, 3.63) is 59.7 Å². The van der Waals surface area contributed by atoms with Crippen LogP contribution in [0.3, 0.4) is 0 Å². The summed E-state index contributed by atoms with van der Waals surface area (Å²) in [5.74, 6) is 1.13. The van der Waals surface area contributed by atoms with E-state index in [4.69, 9.17) is 9.47 Å². The van der Waals surface area contributed by atoms with Crippen LogP contribution in [0.25, 0.3) is 0 Å². The normalized spacial score (nSPS) is 22.2. The zero-order chi connectivity index (χ0) is 20.4. The molecule has 2 aromatic carbocycles. The average molecular weight is 406 g/mol. The number of nitrogens with zero attached hydrogens (tertiary/aromatic N) is 2. The van der Waals surface area contributed by atoms with E-state index in [9.17, 15) is 13.2 Å². The molecule has 2 atom stereocenters. The molecule has 2 aliphatic rings. The van der Waals surface area contributed by atoms with Crippen molar-refractivity contribution in [1.82, 2.24) is 9.80 Å². The van der Waals surface area contributed by atoms with Crippen LogP contribution in [0.1, 0.15) is 17.5 Å². The SMILES string of the molecule is COc1ccc(CN2CC3C[C@H]2CN3CCOc2cccc(C(F)(F)F)c2)cc1. The number of rotatable bonds is 7. The first-order valence-corrected chi connectivity index (χ1v) is 9.83. The van der Waals surface area contributed by atoms with Crippen LogP contribution in [-0.2, 0) is 12.7 Å². The molecule has 7 heteroatoms. The van der Waals surface area contributed by atoms with Gasteiger partial charge in [0.15, 0.2) is 0 Å². The van der Waals surface area contributed by atoms with Gasteiger partial charge in [-0.25, -0.2) is 0 Å². The summed E-state index contributed by atoms with van der Waals surface area (Å²) >= 11 is 0. The van der Waals surface area contributed by atoms with Crippen molar-refractivity contribution < 1.29 is 22.6 Å². The molecule has 2 bridgehead atoms. The summed E-state index contributed by atoms with van der Waals surface area (Å²) in [6.45, 7) is 4.05. The largest absolute Gasteiger partial charge is 0.497 e. The first-order valence-electron chi connectivity index (χ1n) is 9.83. The second-order valence-corrected chi connectivity index (χ2v) is 7.69. The average Bonchev–Trinajstić information content (AvgIpc) is 3.28. The molecule has 0 spiro atoms. The lowest BCUT2D eigenvalue weighted by Gasteiger charge is -2.34. The van der Waals surface area contributed by atoms with Crippen molar-refractivity contribution in [1.29, 1.82) is 0 Å². The Labute approximate surface area is 168 Å². The minimum absolute atomic E-state index is 0.269. The molecule has 0 amide bonds. The summed E-state index contributed by atoms with van der Waals surface area (Å²) in [6, 6.07) is 14.3. The Kier molecular flexibility index (Phi) is 5.69. The Hall–Kier alpha value is -2.25. The van der Waals surface area contributed by atoms with Gasteiger partial charge in [-0.3, -0.25) is 9.80 Å². The van der Waals surface area contributed by atoms with Crippen LogP contribution in [0.5, 0.6) is 11.5 Å². The van der Waals surface area contributed by atoms with Crippen molar-refractivity contribution in [2.45, 2.75) is 31.2 Å². The standard InChI is InChI=1S/C22H25F3N2O2/c1-28-20-7-5-16(6-8-20)13-27-15-18-12-19(27)14-26(18)9-10-29-21-4-2-3-17(11-21)22(23,24)25/h2-8,11,18-19H,9-10,12-15H2,1H3/t18?,19-/m0/s1. The lowest BCUT2D eigenvalue weighted by atomic mass is 10.2. The third-order valence-corrected chi connectivity index (χ3v) is 5.82. The highest BCUT2D eigenvalue weighted by atomic mass is 19.4. The van der Waals surface area contributed by atoms with Gasteiger partial charge in [0.25, 0.3) is 0 Å². The zero-order valence-electron chi connectivity index (χ0n) is 16.4. The third kappa shape index (κ3) is 4.67. The molecule has 1 unspecified atom stereocenters. The number of methoxy groups -OCH3 is 1. The quantitative estimate of drug-likeness (QED) is 0.693. The van der Waals surface area contributed by atoms with Crippen LogP contribution in [0.4, 0.5) is 13.2 Å². The molecular formula is C22H25F3N2O2. The van der Waals surface area contributed by atoms with Crippen LogP contribution >= 0.6 is 0 Å². The van der Waals surface area contributed by atoms with E-state index in [1.165, 1.54) is 11.6 Å². The number of benzene rings is 2. The predicted octanol–water partition coefficient (Wildman–Crippen LogP) is 4.05. The van der Waals surface area contributed by atoms with E-state index in [1.807, 2.05) is 12.1 Å². The van der Waals surface area contributed by atoms with Crippen LogP contribution in [0.15, 0.2) is 48.5 Å². The van der Waals surface area contributed by atoms with E-state index in [0.29, 0.717) is 18.7 Å². The van der Waals surface area contributed by atoms with Crippen LogP contribution in [0.2, 0.25) is 0 Å². The molecule has 156 valence electrons. The minimum atomic E-state index is -4.35. The predicted molar refractivity (Wildman–Crippen MR) is 104 cm³/mol. The number of hydrogen-bond acceptors (Lipinski definition) is 4. The van der Waals surface area contributed by atoms with Gasteiger partial charge in [0.2, 0.25) is 0 Å². The van der Waals surface area contributed by atoms with Gasteiger partial charge in [0, 0.05) is 38.3 Å². The van der Waals surface area contributed by atoms with Gasteiger partial charge in [-0.2, -0.15) is 13.2 Å². The van der Waals surface area contributed by atoms with Gasteiger partial charge in [-0.1, -0.05) is 18.2 Å². The van der Waals surface area contributed by atoms with Gasteiger partial charge in [0.05, 0.1) is 12.7 Å². The molecule has 29 heavy (non-hydrogen) atoms. The summed E-state index contributed by atoms with van der Waals surface area (Å²) in [5.41, 5.74) is 0.599. The first-order chi connectivity index (χ1) is 13.9. The summed E-state index contributed by atoms with van der Waals surface area (Å²) in [4.78, 5) is 4.90. The molecule has 0 aromatic heterocycles. The van der Waals surface area contributed by atoms with Gasteiger partial charge in [0.1, 0.15) is 18.1 Å². The number of piperazine rings is 1. The summed E-state index contributed by atoms with van der Waals surface area (Å²) in [5, 5.41) is 0. The highest BCUT2D eigenvalue weighted by Crippen LogP contribution is 2.33. The molecule has 4 rings (SSSR count). The number of hydrogen-bond donors (Lipinski definition) is 0. The molecule has 0 N–H and O–H groups in total. The van der Waals surface area contributed by atoms with E-state index < -0.39 is 11.7 Å². The first kappa shape index (κ1) is 20.0. The van der Waals surface area contributed by atoms with Crippen molar-refractivity contribution in [3.8, 4) is 11.5 Å². The maximum atomic E-state index is 12.8. The Bertz CT molecular complexity index is 826. The fourth-order valence-electron chi connectivity index (χ4n) is 4.31. The van der Waals surface area contributed by atoms with E-state index >= 15 is 0 Å². The smallest absolute Gasteiger partial charge is 0.416 e. The lowest BCUT2D eigenvalue weighted by molar-refractivity contribution is -0.137. The second kappa shape index (κ2) is 8.24. The number of ether oxygens (including phenoxy) is 2. The topological polar surface area (TPSA) is 24.9 Å². The third-order valence-electron chi connectivity index (χ3n) is 5.82. The molecule has 4 nitrogen and oxygen atoms in total. The van der Waals surface area contributed by atoms with Crippen molar-refractivity contribution in [2.75, 3.05) is 33.4 Å². The molecule has 2 aliphatic heterocycles. The molecule has 2 saturated heterocycles. The summed E-state index contributed by atoms with van der Waals surface area (Å²) < 4.78 is 49.2. The molecule has 2 fully saturated rings. The van der Waals surface area contributed by atoms with Crippen LogP contribution < -0.4 is 9.47 Å². The van der Waals surface area contributed by atoms with Crippen LogP contribution in [0, 0.1) is 0 Å². The van der Waals surface area contributed by atoms with Crippen molar-refractivity contribution in [2.24, 2.45) is 0 Å². The Morgan fingerprint density at radius 2 is 1.69 bits per heavy atom. The van der Waals surface area contributed by atoms with Gasteiger partial charge in [-0.15, -0.1) is 0 Å². The highest BCUT2D eigenvalue weighted by molar-refractivity contribution is 5.30. The fraction of sp³-hybridized carbons (Fsp3) is 0.455. The molecule has 0 radical (unpaired) electrons. The van der Waals surface area contributed by atoms with E-state index in [2.05, 4.69) is 21.9 Å².